The van der Waals surface area contributed by atoms with Gasteiger partial charge in [0.05, 0.1) is 14.2 Å². The minimum atomic E-state index is -0.484. The Hall–Kier alpha value is -3.42. The van der Waals surface area contributed by atoms with Gasteiger partial charge in [-0.15, -0.1) is 6.42 Å². The molecule has 0 aliphatic heterocycles. The molecule has 148 valence electrons. The molecule has 0 saturated carbocycles. The number of nitriles is 1. The van der Waals surface area contributed by atoms with E-state index in [0.717, 1.165) is 11.3 Å². The Morgan fingerprint density at radius 1 is 1.21 bits per heavy atom. The summed E-state index contributed by atoms with van der Waals surface area (Å²) in [7, 11) is 3.08. The SMILES string of the molecule is C#CCOc1cc(Br)c(/C=C(/C#N)C(=O)NCc2ccc(OC)cc2)cc1OC. The fraction of sp³-hybridized carbons (Fsp3) is 0.182. The van der Waals surface area contributed by atoms with Crippen molar-refractivity contribution in [2.24, 2.45) is 0 Å². The van der Waals surface area contributed by atoms with Crippen LogP contribution in [0.5, 0.6) is 17.2 Å². The largest absolute Gasteiger partial charge is 0.497 e. The predicted octanol–water partition coefficient (Wildman–Crippen LogP) is 3.70. The van der Waals surface area contributed by atoms with Crippen LogP contribution >= 0.6 is 15.9 Å². The second-order valence-corrected chi connectivity index (χ2v) is 6.57. The summed E-state index contributed by atoms with van der Waals surface area (Å²) in [6.45, 7) is 0.375. The number of amides is 1. The smallest absolute Gasteiger partial charge is 0.262 e. The first-order valence-electron chi connectivity index (χ1n) is 8.49. The summed E-state index contributed by atoms with van der Waals surface area (Å²) < 4.78 is 16.5. The lowest BCUT2D eigenvalue weighted by molar-refractivity contribution is -0.117. The first kappa shape index (κ1) is 21.9. The molecule has 0 atom stereocenters. The van der Waals surface area contributed by atoms with Crippen molar-refractivity contribution in [3.05, 3.63) is 57.6 Å². The van der Waals surface area contributed by atoms with Crippen molar-refractivity contribution in [2.45, 2.75) is 6.54 Å². The molecule has 0 radical (unpaired) electrons. The highest BCUT2D eigenvalue weighted by Gasteiger charge is 2.13. The average Bonchev–Trinajstić information content (AvgIpc) is 2.75. The van der Waals surface area contributed by atoms with Gasteiger partial charge in [0, 0.05) is 11.0 Å². The molecule has 0 saturated heterocycles. The zero-order chi connectivity index (χ0) is 21.2. The Balaban J connectivity index is 2.18. The van der Waals surface area contributed by atoms with Gasteiger partial charge in [0.1, 0.15) is 24.0 Å². The van der Waals surface area contributed by atoms with E-state index in [9.17, 15) is 10.1 Å². The number of halogens is 1. The van der Waals surface area contributed by atoms with E-state index >= 15 is 0 Å². The van der Waals surface area contributed by atoms with Gasteiger partial charge in [-0.05, 0) is 41.5 Å². The molecule has 1 N–H and O–H groups in total. The van der Waals surface area contributed by atoms with Crippen LogP contribution in [0.25, 0.3) is 6.08 Å². The van der Waals surface area contributed by atoms with Gasteiger partial charge < -0.3 is 19.5 Å². The van der Waals surface area contributed by atoms with E-state index in [1.54, 1.807) is 31.4 Å². The summed E-state index contributed by atoms with van der Waals surface area (Å²) in [6.07, 6.45) is 6.69. The molecule has 2 rings (SSSR count). The normalized spacial score (nSPS) is 10.4. The highest BCUT2D eigenvalue weighted by atomic mass is 79.9. The van der Waals surface area contributed by atoms with Gasteiger partial charge in [-0.3, -0.25) is 4.79 Å². The number of methoxy groups -OCH3 is 2. The Morgan fingerprint density at radius 2 is 1.93 bits per heavy atom. The van der Waals surface area contributed by atoms with Gasteiger partial charge in [-0.25, -0.2) is 0 Å². The molecule has 0 unspecified atom stereocenters. The van der Waals surface area contributed by atoms with Crippen molar-refractivity contribution in [3.8, 4) is 35.7 Å². The topological polar surface area (TPSA) is 80.6 Å². The van der Waals surface area contributed by atoms with Gasteiger partial charge in [-0.2, -0.15) is 5.26 Å². The van der Waals surface area contributed by atoms with Gasteiger partial charge in [0.15, 0.2) is 11.5 Å². The Kier molecular flexibility index (Phi) is 8.14. The zero-order valence-corrected chi connectivity index (χ0v) is 17.6. The maximum atomic E-state index is 12.4. The molecule has 0 bridgehead atoms. The van der Waals surface area contributed by atoms with Crippen molar-refractivity contribution in [2.75, 3.05) is 20.8 Å². The lowest BCUT2D eigenvalue weighted by atomic mass is 10.1. The van der Waals surface area contributed by atoms with E-state index in [0.29, 0.717) is 21.5 Å². The van der Waals surface area contributed by atoms with Crippen LogP contribution in [0.2, 0.25) is 0 Å². The molecular weight excluding hydrogens is 436 g/mol. The van der Waals surface area contributed by atoms with Crippen LogP contribution in [0.4, 0.5) is 0 Å². The minimum Gasteiger partial charge on any atom is -0.497 e. The third-order valence-corrected chi connectivity index (χ3v) is 4.56. The summed E-state index contributed by atoms with van der Waals surface area (Å²) in [6, 6.07) is 12.5. The maximum Gasteiger partial charge on any atom is 0.262 e. The number of carbonyl (C=O) groups is 1. The molecule has 0 aromatic heterocycles. The number of nitrogens with zero attached hydrogens (tertiary/aromatic N) is 1. The van der Waals surface area contributed by atoms with E-state index in [1.807, 2.05) is 18.2 Å². The molecule has 29 heavy (non-hydrogen) atoms. The monoisotopic (exact) mass is 454 g/mol. The molecule has 6 nitrogen and oxygen atoms in total. The van der Waals surface area contributed by atoms with Crippen molar-refractivity contribution in [1.82, 2.24) is 5.32 Å². The fourth-order valence-electron chi connectivity index (χ4n) is 2.38. The van der Waals surface area contributed by atoms with Crippen LogP contribution in [-0.4, -0.2) is 26.7 Å². The van der Waals surface area contributed by atoms with E-state index in [2.05, 4.69) is 27.2 Å². The zero-order valence-electron chi connectivity index (χ0n) is 16.0. The molecule has 0 aliphatic rings. The minimum absolute atomic E-state index is 0.0430. The molecule has 0 heterocycles. The van der Waals surface area contributed by atoms with E-state index in [1.165, 1.54) is 13.2 Å². The van der Waals surface area contributed by atoms with Crippen molar-refractivity contribution >= 4 is 27.9 Å². The first-order chi connectivity index (χ1) is 14.0. The molecule has 0 spiro atoms. The van der Waals surface area contributed by atoms with Crippen LogP contribution in [0.3, 0.4) is 0 Å². The molecule has 2 aromatic carbocycles. The van der Waals surface area contributed by atoms with Crippen LogP contribution in [0.15, 0.2) is 46.4 Å². The van der Waals surface area contributed by atoms with E-state index < -0.39 is 5.91 Å². The number of hydrogen-bond acceptors (Lipinski definition) is 5. The highest BCUT2D eigenvalue weighted by Crippen LogP contribution is 2.34. The first-order valence-corrected chi connectivity index (χ1v) is 9.28. The Morgan fingerprint density at radius 3 is 2.52 bits per heavy atom. The second kappa shape index (κ2) is 10.8. The third kappa shape index (κ3) is 6.03. The lowest BCUT2D eigenvalue weighted by Crippen LogP contribution is -2.23. The molecular formula is C22H19BrN2O4. The quantitative estimate of drug-likeness (QED) is 0.373. The molecule has 1 amide bonds. The molecule has 2 aromatic rings. The standard InChI is InChI=1S/C22H19BrN2O4/c1-4-9-29-21-12-19(23)16(11-20(21)28-3)10-17(13-24)22(26)25-14-15-5-7-18(27-2)8-6-15/h1,5-8,10-12H,9,14H2,2-3H3,(H,25,26)/b17-10-. The predicted molar refractivity (Wildman–Crippen MR) is 113 cm³/mol. The number of ether oxygens (including phenoxy) is 3. The number of benzene rings is 2. The fourth-order valence-corrected chi connectivity index (χ4v) is 2.82. The third-order valence-electron chi connectivity index (χ3n) is 3.87. The van der Waals surface area contributed by atoms with Crippen LogP contribution < -0.4 is 19.5 Å². The van der Waals surface area contributed by atoms with Gasteiger partial charge in [-0.1, -0.05) is 34.0 Å². The van der Waals surface area contributed by atoms with Gasteiger partial charge >= 0.3 is 0 Å². The van der Waals surface area contributed by atoms with Crippen molar-refractivity contribution in [3.63, 3.8) is 0 Å². The number of nitrogens with one attached hydrogen (secondary N) is 1. The number of terminal acetylenes is 1. The summed E-state index contributed by atoms with van der Waals surface area (Å²) in [4.78, 5) is 12.4. The van der Waals surface area contributed by atoms with Gasteiger partial charge in [0.25, 0.3) is 5.91 Å². The van der Waals surface area contributed by atoms with Crippen LogP contribution in [0, 0.1) is 23.7 Å². The summed E-state index contributed by atoms with van der Waals surface area (Å²) in [5.74, 6) is 3.52. The number of hydrogen-bond donors (Lipinski definition) is 1. The number of rotatable bonds is 8. The summed E-state index contributed by atoms with van der Waals surface area (Å²) >= 11 is 3.41. The number of carbonyl (C=O) groups excluding carboxylic acids is 1. The van der Waals surface area contributed by atoms with E-state index in [4.69, 9.17) is 20.6 Å². The van der Waals surface area contributed by atoms with Gasteiger partial charge in [0.2, 0.25) is 0 Å². The van der Waals surface area contributed by atoms with Crippen molar-refractivity contribution < 1.29 is 19.0 Å². The Bertz CT molecular complexity index is 986. The van der Waals surface area contributed by atoms with E-state index in [-0.39, 0.29) is 18.7 Å². The second-order valence-electron chi connectivity index (χ2n) is 5.72. The molecule has 0 fully saturated rings. The highest BCUT2D eigenvalue weighted by molar-refractivity contribution is 9.10. The van der Waals surface area contributed by atoms with Crippen LogP contribution in [-0.2, 0) is 11.3 Å². The summed E-state index contributed by atoms with van der Waals surface area (Å²) in [5, 5.41) is 12.2. The molecule has 0 aliphatic carbocycles. The van der Waals surface area contributed by atoms with Crippen molar-refractivity contribution in [1.29, 1.82) is 5.26 Å². The Labute approximate surface area is 178 Å². The molecule has 7 heteroatoms. The summed E-state index contributed by atoms with van der Waals surface area (Å²) in [5.41, 5.74) is 1.43. The van der Waals surface area contributed by atoms with Crippen LogP contribution in [0.1, 0.15) is 11.1 Å². The average molecular weight is 455 g/mol. The lowest BCUT2D eigenvalue weighted by Gasteiger charge is -2.11. The maximum absolute atomic E-state index is 12.4.